The average molecular weight is 319 g/mol. The Morgan fingerprint density at radius 3 is 2.85 bits per heavy atom. The molecule has 6 nitrogen and oxygen atoms in total. The lowest BCUT2D eigenvalue weighted by Crippen LogP contribution is -2.36. The van der Waals surface area contributed by atoms with Crippen molar-refractivity contribution in [1.82, 2.24) is 4.31 Å². The highest BCUT2D eigenvalue weighted by molar-refractivity contribution is 7.91. The molecule has 1 aromatic heterocycles. The molecule has 1 atom stereocenters. The topological polar surface area (TPSA) is 83.9 Å². The summed E-state index contributed by atoms with van der Waals surface area (Å²) in [5, 5.41) is 10.2. The molecular formula is C12H17NO5S2. The number of hydrogen-bond acceptors (Lipinski definition) is 5. The molecule has 112 valence electrons. The maximum atomic E-state index is 12.3. The fourth-order valence-corrected chi connectivity index (χ4v) is 4.62. The highest BCUT2D eigenvalue weighted by Crippen LogP contribution is 2.24. The predicted molar refractivity (Wildman–Crippen MR) is 74.7 cm³/mol. The first kappa shape index (κ1) is 15.4. The summed E-state index contributed by atoms with van der Waals surface area (Å²) in [6.07, 6.45) is 2.83. The number of carbonyl (C=O) groups is 1. The molecule has 2 heterocycles. The lowest BCUT2D eigenvalue weighted by molar-refractivity contribution is 0.00860. The SMILES string of the molecule is CN(CC1CCCCO1)S(=O)(=O)c1cc(C(=O)O)cs1. The second-order valence-electron chi connectivity index (χ2n) is 4.73. The number of rotatable bonds is 5. The molecule has 1 aromatic rings. The maximum Gasteiger partial charge on any atom is 0.336 e. The Bertz CT molecular complexity index is 574. The van der Waals surface area contributed by atoms with Crippen LogP contribution in [0.1, 0.15) is 29.6 Å². The molecule has 1 aliphatic heterocycles. The first-order chi connectivity index (χ1) is 9.41. The van der Waals surface area contributed by atoms with E-state index in [4.69, 9.17) is 9.84 Å². The molecule has 1 N–H and O–H groups in total. The van der Waals surface area contributed by atoms with Crippen molar-refractivity contribution >= 4 is 27.3 Å². The zero-order valence-corrected chi connectivity index (χ0v) is 12.7. The predicted octanol–water partition coefficient (Wildman–Crippen LogP) is 1.64. The van der Waals surface area contributed by atoms with Gasteiger partial charge in [0.05, 0.1) is 11.7 Å². The summed E-state index contributed by atoms with van der Waals surface area (Å²) >= 11 is 0.924. The van der Waals surface area contributed by atoms with Crippen LogP contribution in [0.5, 0.6) is 0 Å². The third-order valence-corrected chi connectivity index (χ3v) is 6.46. The number of thiophene rings is 1. The monoisotopic (exact) mass is 319 g/mol. The molecule has 1 saturated heterocycles. The summed E-state index contributed by atoms with van der Waals surface area (Å²) in [5.41, 5.74) is -0.00380. The number of aromatic carboxylic acids is 1. The molecule has 1 unspecified atom stereocenters. The normalized spacial score (nSPS) is 20.2. The molecule has 0 radical (unpaired) electrons. The Morgan fingerprint density at radius 1 is 1.55 bits per heavy atom. The van der Waals surface area contributed by atoms with E-state index < -0.39 is 16.0 Å². The minimum absolute atomic E-state index is 0.00380. The van der Waals surface area contributed by atoms with Crippen LogP contribution in [0.25, 0.3) is 0 Å². The molecule has 0 spiro atoms. The quantitative estimate of drug-likeness (QED) is 0.892. The highest BCUT2D eigenvalue weighted by atomic mass is 32.2. The van der Waals surface area contributed by atoms with Crippen LogP contribution in [-0.2, 0) is 14.8 Å². The molecule has 8 heteroatoms. The Labute approximate surface area is 122 Å². The number of carboxylic acid groups (broad SMARTS) is 1. The van der Waals surface area contributed by atoms with Gasteiger partial charge >= 0.3 is 5.97 Å². The molecule has 0 aromatic carbocycles. The average Bonchev–Trinajstić information content (AvgIpc) is 2.90. The summed E-state index contributed by atoms with van der Waals surface area (Å²) in [4.78, 5) is 10.8. The van der Waals surface area contributed by atoms with Crippen molar-refractivity contribution in [2.75, 3.05) is 20.2 Å². The summed E-state index contributed by atoms with van der Waals surface area (Å²) in [5.74, 6) is -1.12. The number of nitrogens with zero attached hydrogens (tertiary/aromatic N) is 1. The van der Waals surface area contributed by atoms with Gasteiger partial charge in [-0.2, -0.15) is 4.31 Å². The molecule has 1 aliphatic rings. The lowest BCUT2D eigenvalue weighted by Gasteiger charge is -2.26. The molecular weight excluding hydrogens is 302 g/mol. The summed E-state index contributed by atoms with van der Waals surface area (Å²) in [6, 6.07) is 1.20. The fraction of sp³-hybridized carbons (Fsp3) is 0.583. The van der Waals surface area contributed by atoms with E-state index in [2.05, 4.69) is 0 Å². The van der Waals surface area contributed by atoms with Crippen molar-refractivity contribution < 1.29 is 23.1 Å². The van der Waals surface area contributed by atoms with Crippen molar-refractivity contribution in [3.63, 3.8) is 0 Å². The van der Waals surface area contributed by atoms with E-state index in [1.165, 1.54) is 22.8 Å². The Hall–Kier alpha value is -0.960. The van der Waals surface area contributed by atoms with Crippen LogP contribution in [0, 0.1) is 0 Å². The smallest absolute Gasteiger partial charge is 0.336 e. The first-order valence-corrected chi connectivity index (χ1v) is 8.63. The number of sulfonamides is 1. The van der Waals surface area contributed by atoms with Gasteiger partial charge in [0.25, 0.3) is 10.0 Å². The Balaban J connectivity index is 2.09. The van der Waals surface area contributed by atoms with Crippen LogP contribution in [0.15, 0.2) is 15.7 Å². The summed E-state index contributed by atoms with van der Waals surface area (Å²) in [7, 11) is -2.15. The highest BCUT2D eigenvalue weighted by Gasteiger charge is 2.27. The molecule has 20 heavy (non-hydrogen) atoms. The van der Waals surface area contributed by atoms with Crippen molar-refractivity contribution in [2.24, 2.45) is 0 Å². The van der Waals surface area contributed by atoms with E-state index in [9.17, 15) is 13.2 Å². The maximum absolute atomic E-state index is 12.3. The van der Waals surface area contributed by atoms with E-state index in [1.54, 1.807) is 0 Å². The largest absolute Gasteiger partial charge is 0.478 e. The van der Waals surface area contributed by atoms with Gasteiger partial charge in [-0.15, -0.1) is 11.3 Å². The van der Waals surface area contributed by atoms with Gasteiger partial charge in [-0.25, -0.2) is 13.2 Å². The van der Waals surface area contributed by atoms with Gasteiger partial charge in [-0.1, -0.05) is 0 Å². The zero-order chi connectivity index (χ0) is 14.8. The minimum atomic E-state index is -3.64. The van der Waals surface area contributed by atoms with Gasteiger partial charge in [0.1, 0.15) is 4.21 Å². The van der Waals surface area contributed by atoms with Crippen LogP contribution in [0.2, 0.25) is 0 Å². The third kappa shape index (κ3) is 3.38. The Kier molecular flexibility index (Phi) is 4.79. The number of ether oxygens (including phenoxy) is 1. The van der Waals surface area contributed by atoms with Crippen molar-refractivity contribution in [2.45, 2.75) is 29.6 Å². The van der Waals surface area contributed by atoms with Gasteiger partial charge in [0.2, 0.25) is 0 Å². The molecule has 0 aliphatic carbocycles. The van der Waals surface area contributed by atoms with Crippen LogP contribution in [-0.4, -0.2) is 50.1 Å². The second-order valence-corrected chi connectivity index (χ2v) is 7.92. The van der Waals surface area contributed by atoms with Crippen molar-refractivity contribution in [1.29, 1.82) is 0 Å². The van der Waals surface area contributed by atoms with Crippen LogP contribution < -0.4 is 0 Å². The molecule has 0 bridgehead atoms. The zero-order valence-electron chi connectivity index (χ0n) is 11.1. The number of hydrogen-bond donors (Lipinski definition) is 1. The van der Waals surface area contributed by atoms with Gasteiger partial charge in [0.15, 0.2) is 0 Å². The Morgan fingerprint density at radius 2 is 2.30 bits per heavy atom. The number of likely N-dealkylation sites (N-methyl/N-ethyl adjacent to an activating group) is 1. The van der Waals surface area contributed by atoms with E-state index in [-0.39, 0.29) is 15.9 Å². The fourth-order valence-electron chi connectivity index (χ4n) is 2.05. The van der Waals surface area contributed by atoms with Crippen molar-refractivity contribution in [3.05, 3.63) is 17.0 Å². The van der Waals surface area contributed by atoms with E-state index in [1.807, 2.05) is 0 Å². The van der Waals surface area contributed by atoms with Crippen LogP contribution in [0.3, 0.4) is 0 Å². The molecule has 0 amide bonds. The standard InChI is InChI=1S/C12H17NO5S2/c1-13(7-10-4-2-3-5-18-10)20(16,17)11-6-9(8-19-11)12(14)15/h6,8,10H,2-5,7H2,1H3,(H,14,15). The lowest BCUT2D eigenvalue weighted by atomic mass is 10.1. The van der Waals surface area contributed by atoms with E-state index in [0.29, 0.717) is 13.2 Å². The minimum Gasteiger partial charge on any atom is -0.478 e. The molecule has 0 saturated carbocycles. The molecule has 1 fully saturated rings. The van der Waals surface area contributed by atoms with Crippen molar-refractivity contribution in [3.8, 4) is 0 Å². The third-order valence-electron chi connectivity index (χ3n) is 3.22. The molecule has 2 rings (SSSR count). The van der Waals surface area contributed by atoms with Gasteiger partial charge in [-0.05, 0) is 25.3 Å². The van der Waals surface area contributed by atoms with Gasteiger partial charge in [-0.3, -0.25) is 0 Å². The number of carboxylic acids is 1. The second kappa shape index (κ2) is 6.21. The van der Waals surface area contributed by atoms with E-state index >= 15 is 0 Å². The van der Waals surface area contributed by atoms with E-state index in [0.717, 1.165) is 30.6 Å². The first-order valence-electron chi connectivity index (χ1n) is 6.31. The van der Waals surface area contributed by atoms with Crippen LogP contribution in [0.4, 0.5) is 0 Å². The van der Waals surface area contributed by atoms with Gasteiger partial charge < -0.3 is 9.84 Å². The summed E-state index contributed by atoms with van der Waals surface area (Å²) in [6.45, 7) is 0.962. The summed E-state index contributed by atoms with van der Waals surface area (Å²) < 4.78 is 31.5. The van der Waals surface area contributed by atoms with Gasteiger partial charge in [0, 0.05) is 25.6 Å². The van der Waals surface area contributed by atoms with Crippen LogP contribution >= 0.6 is 11.3 Å².